The van der Waals surface area contributed by atoms with Crippen molar-refractivity contribution in [2.24, 2.45) is 13.0 Å². The molecule has 4 heteroatoms. The zero-order valence-corrected chi connectivity index (χ0v) is 9.61. The molecule has 0 spiro atoms. The summed E-state index contributed by atoms with van der Waals surface area (Å²) in [5.74, 6) is 1.84. The summed E-state index contributed by atoms with van der Waals surface area (Å²) in [6.45, 7) is 0. The van der Waals surface area contributed by atoms with Crippen LogP contribution in [0.25, 0.3) is 0 Å². The number of hydrogen-bond acceptors (Lipinski definition) is 3. The van der Waals surface area contributed by atoms with Gasteiger partial charge in [0.25, 0.3) is 0 Å². The molecular weight excluding hydrogens is 188 g/mol. The predicted octanol–water partition coefficient (Wildman–Crippen LogP) is 1.14. The molecule has 84 valence electrons. The first-order valence-electron chi connectivity index (χ1n) is 5.81. The maximum absolute atomic E-state index is 4.30. The van der Waals surface area contributed by atoms with Gasteiger partial charge in [-0.05, 0) is 25.8 Å². The highest BCUT2D eigenvalue weighted by molar-refractivity contribution is 4.91. The molecule has 1 aromatic rings. The van der Waals surface area contributed by atoms with E-state index in [2.05, 4.69) is 22.4 Å². The molecule has 2 rings (SSSR count). The van der Waals surface area contributed by atoms with Crippen LogP contribution in [-0.4, -0.2) is 27.9 Å². The van der Waals surface area contributed by atoms with E-state index >= 15 is 0 Å². The van der Waals surface area contributed by atoms with Crippen LogP contribution in [-0.2, 0) is 13.5 Å². The third-order valence-electron chi connectivity index (χ3n) is 3.53. The minimum Gasteiger partial charge on any atom is -0.317 e. The zero-order valence-electron chi connectivity index (χ0n) is 9.61. The number of aromatic nitrogens is 3. The highest BCUT2D eigenvalue weighted by atomic mass is 15.3. The summed E-state index contributed by atoms with van der Waals surface area (Å²) in [5, 5.41) is 7.55. The molecule has 1 heterocycles. The first-order chi connectivity index (χ1) is 7.31. The van der Waals surface area contributed by atoms with Gasteiger partial charge in [0.1, 0.15) is 12.2 Å². The van der Waals surface area contributed by atoms with Crippen LogP contribution in [0, 0.1) is 5.92 Å². The third kappa shape index (κ3) is 2.37. The predicted molar refractivity (Wildman–Crippen MR) is 59.5 cm³/mol. The summed E-state index contributed by atoms with van der Waals surface area (Å²) in [5.41, 5.74) is 0. The second kappa shape index (κ2) is 4.75. The Hall–Kier alpha value is -0.900. The van der Waals surface area contributed by atoms with Crippen molar-refractivity contribution in [2.75, 3.05) is 7.05 Å². The lowest BCUT2D eigenvalue weighted by atomic mass is 9.82. The summed E-state index contributed by atoms with van der Waals surface area (Å²) in [6, 6.07) is 0.662. The van der Waals surface area contributed by atoms with Gasteiger partial charge >= 0.3 is 0 Å². The van der Waals surface area contributed by atoms with E-state index in [0.29, 0.717) is 6.04 Å². The second-order valence-corrected chi connectivity index (χ2v) is 4.44. The van der Waals surface area contributed by atoms with Crippen molar-refractivity contribution < 1.29 is 0 Å². The first-order valence-corrected chi connectivity index (χ1v) is 5.81. The van der Waals surface area contributed by atoms with Gasteiger partial charge in [0.2, 0.25) is 0 Å². The van der Waals surface area contributed by atoms with Crippen molar-refractivity contribution in [3.8, 4) is 0 Å². The molecule has 0 aliphatic heterocycles. The van der Waals surface area contributed by atoms with Crippen LogP contribution in [0.5, 0.6) is 0 Å². The van der Waals surface area contributed by atoms with E-state index in [1.54, 1.807) is 6.33 Å². The fraction of sp³-hybridized carbons (Fsp3) is 0.818. The van der Waals surface area contributed by atoms with E-state index in [4.69, 9.17) is 0 Å². The van der Waals surface area contributed by atoms with Crippen LogP contribution in [0.1, 0.15) is 31.5 Å². The van der Waals surface area contributed by atoms with Crippen LogP contribution in [0.3, 0.4) is 0 Å². The number of nitrogens with one attached hydrogen (secondary N) is 1. The van der Waals surface area contributed by atoms with Crippen molar-refractivity contribution in [3.05, 3.63) is 12.2 Å². The minimum absolute atomic E-state index is 0.662. The number of rotatable bonds is 3. The Balaban J connectivity index is 2.00. The van der Waals surface area contributed by atoms with Gasteiger partial charge in [-0.15, -0.1) is 0 Å². The lowest BCUT2D eigenvalue weighted by molar-refractivity contribution is 0.267. The van der Waals surface area contributed by atoms with Gasteiger partial charge in [-0.3, -0.25) is 4.68 Å². The zero-order chi connectivity index (χ0) is 10.7. The van der Waals surface area contributed by atoms with Crippen LogP contribution < -0.4 is 5.32 Å². The molecule has 1 N–H and O–H groups in total. The molecule has 2 atom stereocenters. The summed E-state index contributed by atoms with van der Waals surface area (Å²) in [7, 11) is 4.04. The van der Waals surface area contributed by atoms with E-state index in [9.17, 15) is 0 Å². The summed E-state index contributed by atoms with van der Waals surface area (Å²) in [6.07, 6.45) is 8.05. The quantitative estimate of drug-likeness (QED) is 0.810. The summed E-state index contributed by atoms with van der Waals surface area (Å²) in [4.78, 5) is 4.30. The van der Waals surface area contributed by atoms with Gasteiger partial charge in [0.05, 0.1) is 0 Å². The van der Waals surface area contributed by atoms with E-state index in [1.165, 1.54) is 25.7 Å². The van der Waals surface area contributed by atoms with Crippen molar-refractivity contribution in [3.63, 3.8) is 0 Å². The lowest BCUT2D eigenvalue weighted by Crippen LogP contribution is -2.37. The Kier molecular flexibility index (Phi) is 3.36. The fourth-order valence-electron chi connectivity index (χ4n) is 2.57. The maximum atomic E-state index is 4.30. The Labute approximate surface area is 91.1 Å². The van der Waals surface area contributed by atoms with Crippen molar-refractivity contribution in [1.29, 1.82) is 0 Å². The Bertz CT molecular complexity index is 307. The van der Waals surface area contributed by atoms with Gasteiger partial charge in [0, 0.05) is 19.5 Å². The van der Waals surface area contributed by atoms with E-state index in [-0.39, 0.29) is 0 Å². The SMILES string of the molecule is CNC1CCCCC1Cc1ncnn1C. The van der Waals surface area contributed by atoms with Crippen LogP contribution in [0.4, 0.5) is 0 Å². The van der Waals surface area contributed by atoms with Crippen molar-refractivity contribution in [2.45, 2.75) is 38.1 Å². The van der Waals surface area contributed by atoms with Gasteiger partial charge in [-0.2, -0.15) is 5.10 Å². The molecule has 1 aromatic heterocycles. The first kappa shape index (κ1) is 10.6. The molecule has 1 saturated carbocycles. The normalized spacial score (nSPS) is 26.8. The summed E-state index contributed by atoms with van der Waals surface area (Å²) >= 11 is 0. The average Bonchev–Trinajstić information content (AvgIpc) is 2.65. The molecule has 15 heavy (non-hydrogen) atoms. The summed E-state index contributed by atoms with van der Waals surface area (Å²) < 4.78 is 1.89. The molecule has 0 saturated heterocycles. The molecule has 1 fully saturated rings. The Morgan fingerprint density at radius 3 is 2.93 bits per heavy atom. The standard InChI is InChI=1S/C11H20N4/c1-12-10-6-4-3-5-9(10)7-11-13-8-14-15(11)2/h8-10,12H,3-7H2,1-2H3. The topological polar surface area (TPSA) is 42.7 Å². The molecular formula is C11H20N4. The number of nitrogens with zero attached hydrogens (tertiary/aromatic N) is 3. The van der Waals surface area contributed by atoms with Crippen molar-refractivity contribution >= 4 is 0 Å². The highest BCUT2D eigenvalue weighted by Gasteiger charge is 2.24. The van der Waals surface area contributed by atoms with Crippen molar-refractivity contribution in [1.82, 2.24) is 20.1 Å². The van der Waals surface area contributed by atoms with E-state index in [1.807, 2.05) is 11.7 Å². The molecule has 1 aliphatic carbocycles. The number of aryl methyl sites for hydroxylation is 1. The fourth-order valence-corrected chi connectivity index (χ4v) is 2.57. The maximum Gasteiger partial charge on any atom is 0.138 e. The minimum atomic E-state index is 0.662. The average molecular weight is 208 g/mol. The molecule has 0 radical (unpaired) electrons. The lowest BCUT2D eigenvalue weighted by Gasteiger charge is -2.30. The van der Waals surface area contributed by atoms with Gasteiger partial charge in [-0.1, -0.05) is 12.8 Å². The molecule has 0 aromatic carbocycles. The van der Waals surface area contributed by atoms with Gasteiger partial charge < -0.3 is 5.32 Å². The smallest absolute Gasteiger partial charge is 0.138 e. The highest BCUT2D eigenvalue weighted by Crippen LogP contribution is 2.26. The van der Waals surface area contributed by atoms with E-state index in [0.717, 1.165) is 18.2 Å². The molecule has 0 bridgehead atoms. The number of hydrogen-bond donors (Lipinski definition) is 1. The molecule has 0 amide bonds. The second-order valence-electron chi connectivity index (χ2n) is 4.44. The monoisotopic (exact) mass is 208 g/mol. The van der Waals surface area contributed by atoms with Gasteiger partial charge in [0.15, 0.2) is 0 Å². The van der Waals surface area contributed by atoms with E-state index < -0.39 is 0 Å². The van der Waals surface area contributed by atoms with Crippen LogP contribution in [0.2, 0.25) is 0 Å². The third-order valence-corrected chi connectivity index (χ3v) is 3.53. The molecule has 2 unspecified atom stereocenters. The Morgan fingerprint density at radius 2 is 2.27 bits per heavy atom. The Morgan fingerprint density at radius 1 is 1.47 bits per heavy atom. The van der Waals surface area contributed by atoms with Crippen LogP contribution in [0.15, 0.2) is 6.33 Å². The molecule has 1 aliphatic rings. The molecule has 4 nitrogen and oxygen atoms in total. The van der Waals surface area contributed by atoms with Gasteiger partial charge in [-0.25, -0.2) is 4.98 Å². The largest absolute Gasteiger partial charge is 0.317 e. The van der Waals surface area contributed by atoms with Crippen LogP contribution >= 0.6 is 0 Å².